The molecule has 4 aromatic rings. The van der Waals surface area contributed by atoms with Gasteiger partial charge in [-0.05, 0) is 48.0 Å². The molecule has 8 heteroatoms. The first-order valence-electron chi connectivity index (χ1n) is 8.81. The highest BCUT2D eigenvalue weighted by molar-refractivity contribution is 6.07. The summed E-state index contributed by atoms with van der Waals surface area (Å²) in [4.78, 5) is 22.7. The van der Waals surface area contributed by atoms with Crippen LogP contribution in [0.15, 0.2) is 72.8 Å². The highest BCUT2D eigenvalue weighted by atomic mass is 16.6. The molecule has 1 heterocycles. The predicted molar refractivity (Wildman–Crippen MR) is 108 cm³/mol. The molecule has 2 N–H and O–H groups in total. The minimum absolute atomic E-state index is 0.0346. The van der Waals surface area contributed by atoms with Gasteiger partial charge in [-0.15, -0.1) is 0 Å². The lowest BCUT2D eigenvalue weighted by atomic mass is 10.2. The van der Waals surface area contributed by atoms with Gasteiger partial charge in [0.2, 0.25) is 0 Å². The number of nitro benzene ring substituents is 1. The Bertz CT molecular complexity index is 1170. The summed E-state index contributed by atoms with van der Waals surface area (Å²) in [7, 11) is 0. The fraction of sp³-hybridized carbons (Fsp3) is 0.0476. The van der Waals surface area contributed by atoms with E-state index in [0.717, 1.165) is 16.5 Å². The number of hydrogen-bond acceptors (Lipinski definition) is 5. The van der Waals surface area contributed by atoms with E-state index in [2.05, 4.69) is 15.5 Å². The lowest BCUT2D eigenvalue weighted by molar-refractivity contribution is -0.384. The summed E-state index contributed by atoms with van der Waals surface area (Å²) in [5.41, 5.74) is 2.14. The van der Waals surface area contributed by atoms with Crippen LogP contribution in [0.4, 0.5) is 11.5 Å². The standard InChI is InChI=1S/C21H16N4O4/c26-21(15-4-2-1-3-5-15)22-20-18-12-17(10-11-19(18)23-24-20)29-13-14-6-8-16(9-7-14)25(27)28/h1-12H,13H2,(H2,22,23,24,26). The van der Waals surface area contributed by atoms with Gasteiger partial charge in [-0.3, -0.25) is 20.0 Å². The number of non-ortho nitro benzene ring substituents is 1. The number of amides is 1. The molecule has 29 heavy (non-hydrogen) atoms. The monoisotopic (exact) mass is 388 g/mol. The van der Waals surface area contributed by atoms with Crippen LogP contribution in [-0.4, -0.2) is 21.0 Å². The minimum Gasteiger partial charge on any atom is -0.489 e. The minimum atomic E-state index is -0.442. The van der Waals surface area contributed by atoms with E-state index < -0.39 is 4.92 Å². The molecule has 144 valence electrons. The molecular weight excluding hydrogens is 372 g/mol. The number of hydrogen-bond donors (Lipinski definition) is 2. The normalized spacial score (nSPS) is 10.6. The molecule has 0 saturated heterocycles. The maximum absolute atomic E-state index is 12.4. The summed E-state index contributed by atoms with van der Waals surface area (Å²) in [6.45, 7) is 0.257. The number of benzene rings is 3. The number of carbonyl (C=O) groups is 1. The Morgan fingerprint density at radius 1 is 1.07 bits per heavy atom. The van der Waals surface area contributed by atoms with Crippen LogP contribution in [0.25, 0.3) is 10.9 Å². The molecule has 8 nitrogen and oxygen atoms in total. The van der Waals surface area contributed by atoms with Crippen molar-refractivity contribution in [2.75, 3.05) is 5.32 Å². The molecule has 0 aliphatic rings. The van der Waals surface area contributed by atoms with E-state index in [1.807, 2.05) is 12.1 Å². The van der Waals surface area contributed by atoms with Crippen molar-refractivity contribution < 1.29 is 14.5 Å². The van der Waals surface area contributed by atoms with Gasteiger partial charge >= 0.3 is 0 Å². The Hall–Kier alpha value is -4.20. The van der Waals surface area contributed by atoms with Gasteiger partial charge in [0.15, 0.2) is 5.82 Å². The molecule has 0 aliphatic carbocycles. The molecule has 0 bridgehead atoms. The van der Waals surface area contributed by atoms with E-state index in [4.69, 9.17) is 4.74 Å². The van der Waals surface area contributed by atoms with Crippen LogP contribution < -0.4 is 10.1 Å². The van der Waals surface area contributed by atoms with Gasteiger partial charge in [0, 0.05) is 23.1 Å². The average molecular weight is 388 g/mol. The Labute approximate surface area is 165 Å². The van der Waals surface area contributed by atoms with Crippen LogP contribution in [0.3, 0.4) is 0 Å². The zero-order valence-corrected chi connectivity index (χ0v) is 15.2. The van der Waals surface area contributed by atoms with Crippen molar-refractivity contribution in [3.05, 3.63) is 94.0 Å². The number of carbonyl (C=O) groups excluding carboxylic acids is 1. The quantitative estimate of drug-likeness (QED) is 0.378. The molecule has 0 aliphatic heterocycles. The second-order valence-electron chi connectivity index (χ2n) is 6.31. The summed E-state index contributed by atoms with van der Waals surface area (Å²) in [6.07, 6.45) is 0. The Morgan fingerprint density at radius 2 is 1.83 bits per heavy atom. The van der Waals surface area contributed by atoms with E-state index in [0.29, 0.717) is 17.1 Å². The van der Waals surface area contributed by atoms with Crippen molar-refractivity contribution in [3.63, 3.8) is 0 Å². The van der Waals surface area contributed by atoms with Gasteiger partial charge in [-0.2, -0.15) is 5.10 Å². The highest BCUT2D eigenvalue weighted by Gasteiger charge is 2.12. The highest BCUT2D eigenvalue weighted by Crippen LogP contribution is 2.26. The second kappa shape index (κ2) is 7.81. The van der Waals surface area contributed by atoms with Gasteiger partial charge in [-0.1, -0.05) is 18.2 Å². The van der Waals surface area contributed by atoms with E-state index in [1.165, 1.54) is 12.1 Å². The van der Waals surface area contributed by atoms with Crippen LogP contribution in [0.1, 0.15) is 15.9 Å². The third kappa shape index (κ3) is 4.06. The molecular formula is C21H16N4O4. The number of rotatable bonds is 6. The van der Waals surface area contributed by atoms with Crippen molar-refractivity contribution in [1.29, 1.82) is 0 Å². The van der Waals surface area contributed by atoms with Crippen molar-refractivity contribution in [2.24, 2.45) is 0 Å². The maximum Gasteiger partial charge on any atom is 0.269 e. The first-order valence-corrected chi connectivity index (χ1v) is 8.81. The number of aromatic amines is 1. The first kappa shape index (κ1) is 18.2. The molecule has 4 rings (SSSR count). The number of nitrogens with one attached hydrogen (secondary N) is 2. The molecule has 0 radical (unpaired) electrons. The second-order valence-corrected chi connectivity index (χ2v) is 6.31. The first-order chi connectivity index (χ1) is 14.1. The number of aromatic nitrogens is 2. The zero-order valence-electron chi connectivity index (χ0n) is 15.2. The van der Waals surface area contributed by atoms with Crippen molar-refractivity contribution >= 4 is 28.3 Å². The third-order valence-corrected chi connectivity index (χ3v) is 4.35. The van der Waals surface area contributed by atoms with Crippen molar-refractivity contribution in [2.45, 2.75) is 6.61 Å². The van der Waals surface area contributed by atoms with Gasteiger partial charge in [0.05, 0.1) is 10.4 Å². The van der Waals surface area contributed by atoms with Crippen LogP contribution in [0.2, 0.25) is 0 Å². The van der Waals surface area contributed by atoms with Crippen molar-refractivity contribution in [1.82, 2.24) is 10.2 Å². The third-order valence-electron chi connectivity index (χ3n) is 4.35. The number of nitrogens with zero attached hydrogens (tertiary/aromatic N) is 2. The number of fused-ring (bicyclic) bond motifs is 1. The Morgan fingerprint density at radius 3 is 2.55 bits per heavy atom. The van der Waals surface area contributed by atoms with Crippen LogP contribution in [0.5, 0.6) is 5.75 Å². The summed E-state index contributed by atoms with van der Waals surface area (Å²) in [6, 6.07) is 20.4. The SMILES string of the molecule is O=C(Nc1n[nH]c2ccc(OCc3ccc([N+](=O)[O-])cc3)cc12)c1ccccc1. The number of anilines is 1. The summed E-state index contributed by atoms with van der Waals surface area (Å²) >= 11 is 0. The van der Waals surface area contributed by atoms with E-state index in [1.54, 1.807) is 48.5 Å². The Balaban J connectivity index is 1.49. The number of ether oxygens (including phenoxy) is 1. The van der Waals surface area contributed by atoms with E-state index in [-0.39, 0.29) is 18.2 Å². The topological polar surface area (TPSA) is 110 Å². The van der Waals surface area contributed by atoms with Crippen LogP contribution in [-0.2, 0) is 6.61 Å². The Kier molecular flexibility index (Phi) is 4.90. The molecule has 3 aromatic carbocycles. The predicted octanol–water partition coefficient (Wildman–Crippen LogP) is 4.30. The molecule has 1 aromatic heterocycles. The average Bonchev–Trinajstić information content (AvgIpc) is 3.15. The lowest BCUT2D eigenvalue weighted by Crippen LogP contribution is -2.12. The van der Waals surface area contributed by atoms with Gasteiger partial charge < -0.3 is 10.1 Å². The summed E-state index contributed by atoms with van der Waals surface area (Å²) in [5, 5.41) is 21.3. The smallest absolute Gasteiger partial charge is 0.269 e. The molecule has 0 atom stereocenters. The van der Waals surface area contributed by atoms with Gasteiger partial charge in [0.1, 0.15) is 12.4 Å². The maximum atomic E-state index is 12.4. The largest absolute Gasteiger partial charge is 0.489 e. The zero-order chi connectivity index (χ0) is 20.2. The molecule has 0 fully saturated rings. The van der Waals surface area contributed by atoms with Gasteiger partial charge in [0.25, 0.3) is 11.6 Å². The van der Waals surface area contributed by atoms with Crippen LogP contribution >= 0.6 is 0 Å². The molecule has 1 amide bonds. The van der Waals surface area contributed by atoms with E-state index in [9.17, 15) is 14.9 Å². The van der Waals surface area contributed by atoms with Gasteiger partial charge in [-0.25, -0.2) is 0 Å². The summed E-state index contributed by atoms with van der Waals surface area (Å²) < 4.78 is 5.79. The lowest BCUT2D eigenvalue weighted by Gasteiger charge is -2.07. The number of H-pyrrole nitrogens is 1. The molecule has 0 spiro atoms. The fourth-order valence-corrected chi connectivity index (χ4v) is 2.83. The fourth-order valence-electron chi connectivity index (χ4n) is 2.83. The van der Waals surface area contributed by atoms with Crippen molar-refractivity contribution in [3.8, 4) is 5.75 Å². The summed E-state index contributed by atoms with van der Waals surface area (Å²) in [5.74, 6) is 0.748. The van der Waals surface area contributed by atoms with Crippen LogP contribution in [0, 0.1) is 10.1 Å². The molecule has 0 saturated carbocycles. The molecule has 0 unspecified atom stereocenters. The number of nitro groups is 1. The van der Waals surface area contributed by atoms with E-state index >= 15 is 0 Å².